The molecule has 0 atom stereocenters. The van der Waals surface area contributed by atoms with E-state index in [4.69, 9.17) is 9.97 Å². The van der Waals surface area contributed by atoms with Gasteiger partial charge in [-0.2, -0.15) is 0 Å². The van der Waals surface area contributed by atoms with Gasteiger partial charge in [0.2, 0.25) is 0 Å². The quantitative estimate of drug-likeness (QED) is 0.177. The second-order valence-corrected chi connectivity index (χ2v) is 13.3. The average Bonchev–Trinajstić information content (AvgIpc) is 3.56. The van der Waals surface area contributed by atoms with Crippen LogP contribution in [-0.4, -0.2) is 9.97 Å². The lowest BCUT2D eigenvalue weighted by Gasteiger charge is -2.15. The molecule has 1 aliphatic rings. The van der Waals surface area contributed by atoms with Gasteiger partial charge < -0.3 is 0 Å². The van der Waals surface area contributed by atoms with Gasteiger partial charge in [-0.25, -0.2) is 9.97 Å². The van der Waals surface area contributed by atoms with Gasteiger partial charge in [0.05, 0.1) is 11.4 Å². The van der Waals surface area contributed by atoms with E-state index in [0.29, 0.717) is 5.82 Å². The summed E-state index contributed by atoms with van der Waals surface area (Å²) in [5.41, 5.74) is 17.2. The Morgan fingerprint density at radius 3 is 1.46 bits per heavy atom. The molecule has 52 heavy (non-hydrogen) atoms. The van der Waals surface area contributed by atoms with Crippen LogP contribution in [0.5, 0.6) is 0 Å². The number of hydrogen-bond acceptors (Lipinski definition) is 2. The average molecular weight is 661 g/mol. The predicted octanol–water partition coefficient (Wildman–Crippen LogP) is 13.3. The third-order valence-electron chi connectivity index (χ3n) is 10.3. The molecule has 2 heteroatoms. The van der Waals surface area contributed by atoms with Crippen molar-refractivity contribution in [2.24, 2.45) is 0 Å². The van der Waals surface area contributed by atoms with Crippen molar-refractivity contribution in [3.05, 3.63) is 194 Å². The first-order valence-electron chi connectivity index (χ1n) is 17.7. The normalized spacial score (nSPS) is 11.5. The number of rotatable bonds is 6. The number of hydrogen-bond donors (Lipinski definition) is 0. The van der Waals surface area contributed by atoms with Crippen LogP contribution in [0.2, 0.25) is 0 Å². The number of benzene rings is 8. The monoisotopic (exact) mass is 660 g/mol. The van der Waals surface area contributed by atoms with Gasteiger partial charge in [0, 0.05) is 16.7 Å². The Labute approximate surface area is 303 Å². The molecular weight excluding hydrogens is 629 g/mol. The van der Waals surface area contributed by atoms with E-state index >= 15 is 0 Å². The lowest BCUT2D eigenvalue weighted by atomic mass is 9.91. The molecule has 1 aromatic heterocycles. The van der Waals surface area contributed by atoms with Gasteiger partial charge in [-0.05, 0) is 78.5 Å². The van der Waals surface area contributed by atoms with E-state index in [1.807, 2.05) is 24.3 Å². The summed E-state index contributed by atoms with van der Waals surface area (Å²) in [6, 6.07) is 69.1. The Morgan fingerprint density at radius 2 is 0.731 bits per heavy atom. The van der Waals surface area contributed by atoms with Gasteiger partial charge in [-0.1, -0.05) is 182 Å². The molecular formula is C50H32N2. The summed E-state index contributed by atoms with van der Waals surface area (Å²) in [7, 11) is 0. The van der Waals surface area contributed by atoms with Crippen LogP contribution in [0.25, 0.3) is 100 Å². The first kappa shape index (κ1) is 30.0. The maximum atomic E-state index is 5.21. The molecule has 0 aliphatic heterocycles. The van der Waals surface area contributed by atoms with Crippen LogP contribution >= 0.6 is 0 Å². The molecule has 0 N–H and O–H groups in total. The highest BCUT2D eigenvalue weighted by atomic mass is 14.9. The predicted molar refractivity (Wildman–Crippen MR) is 217 cm³/mol. The molecule has 8 aromatic carbocycles. The number of nitrogens with zero attached hydrogens (tertiary/aromatic N) is 2. The minimum atomic E-state index is 0.706. The van der Waals surface area contributed by atoms with Crippen LogP contribution in [0.15, 0.2) is 194 Å². The number of aromatic nitrogens is 2. The van der Waals surface area contributed by atoms with Crippen LogP contribution in [0, 0.1) is 0 Å². The standard InChI is InChI=1S/C50H32N2/c1-3-13-33(14-4-1)34-25-27-35(28-26-34)47-32-48(52-50(51-47)36-15-5-2-6-16-36)43-22-10-7-19-39(43)37-17-11-18-38(31-37)40-29-30-46-42-21-9-8-20-41(42)45-24-12-23-44(40)49(45)46/h1-32H. The molecule has 0 spiro atoms. The van der Waals surface area contributed by atoms with Crippen molar-refractivity contribution in [3.8, 4) is 89.5 Å². The van der Waals surface area contributed by atoms with E-state index in [-0.39, 0.29) is 0 Å². The van der Waals surface area contributed by atoms with Crippen LogP contribution in [0.4, 0.5) is 0 Å². The molecule has 9 aromatic rings. The van der Waals surface area contributed by atoms with Gasteiger partial charge in [0.15, 0.2) is 5.82 Å². The Kier molecular flexibility index (Phi) is 7.18. The zero-order chi connectivity index (χ0) is 34.4. The second-order valence-electron chi connectivity index (χ2n) is 13.3. The lowest BCUT2D eigenvalue weighted by molar-refractivity contribution is 1.18. The fourth-order valence-corrected chi connectivity index (χ4v) is 7.79. The highest BCUT2D eigenvalue weighted by Crippen LogP contribution is 2.49. The van der Waals surface area contributed by atoms with Gasteiger partial charge in [0.1, 0.15) is 0 Å². The van der Waals surface area contributed by atoms with Crippen LogP contribution in [0.1, 0.15) is 0 Å². The van der Waals surface area contributed by atoms with Crippen molar-refractivity contribution in [1.82, 2.24) is 9.97 Å². The van der Waals surface area contributed by atoms with Crippen molar-refractivity contribution in [2.45, 2.75) is 0 Å². The molecule has 0 amide bonds. The van der Waals surface area contributed by atoms with Crippen molar-refractivity contribution >= 4 is 10.8 Å². The molecule has 242 valence electrons. The number of fused-ring (bicyclic) bond motifs is 3. The van der Waals surface area contributed by atoms with Crippen LogP contribution in [-0.2, 0) is 0 Å². The first-order valence-corrected chi connectivity index (χ1v) is 17.7. The summed E-state index contributed by atoms with van der Waals surface area (Å²) in [4.78, 5) is 10.3. The molecule has 0 unspecified atom stereocenters. The fraction of sp³-hybridized carbons (Fsp3) is 0. The van der Waals surface area contributed by atoms with Gasteiger partial charge in [-0.3, -0.25) is 0 Å². The zero-order valence-corrected chi connectivity index (χ0v) is 28.4. The minimum Gasteiger partial charge on any atom is -0.228 e. The lowest BCUT2D eigenvalue weighted by Crippen LogP contribution is -1.97. The maximum absolute atomic E-state index is 5.21. The van der Waals surface area contributed by atoms with Crippen molar-refractivity contribution < 1.29 is 0 Å². The Hall–Kier alpha value is -6.90. The highest BCUT2D eigenvalue weighted by molar-refractivity contribution is 6.18. The minimum absolute atomic E-state index is 0.706. The van der Waals surface area contributed by atoms with E-state index in [1.165, 1.54) is 55.3 Å². The summed E-state index contributed by atoms with van der Waals surface area (Å²) in [6.07, 6.45) is 0. The summed E-state index contributed by atoms with van der Waals surface area (Å²) >= 11 is 0. The van der Waals surface area contributed by atoms with Gasteiger partial charge >= 0.3 is 0 Å². The van der Waals surface area contributed by atoms with Gasteiger partial charge in [0.25, 0.3) is 0 Å². The third-order valence-corrected chi connectivity index (χ3v) is 10.3. The highest BCUT2D eigenvalue weighted by Gasteiger charge is 2.22. The van der Waals surface area contributed by atoms with Crippen molar-refractivity contribution in [2.75, 3.05) is 0 Å². The molecule has 0 saturated heterocycles. The SMILES string of the molecule is c1ccc(-c2ccc(-c3cc(-c4ccccc4-c4cccc(-c5ccc6c7c(cccc57)-c5ccccc5-6)c4)nc(-c4ccccc4)n3)cc2)cc1. The van der Waals surface area contributed by atoms with E-state index in [9.17, 15) is 0 Å². The van der Waals surface area contributed by atoms with Crippen LogP contribution in [0.3, 0.4) is 0 Å². The first-order chi connectivity index (χ1) is 25.8. The zero-order valence-electron chi connectivity index (χ0n) is 28.4. The summed E-state index contributed by atoms with van der Waals surface area (Å²) in [5.74, 6) is 0.706. The van der Waals surface area contributed by atoms with E-state index < -0.39 is 0 Å². The van der Waals surface area contributed by atoms with E-state index in [2.05, 4.69) is 170 Å². The topological polar surface area (TPSA) is 25.8 Å². The van der Waals surface area contributed by atoms with E-state index in [1.54, 1.807) is 0 Å². The van der Waals surface area contributed by atoms with Crippen molar-refractivity contribution in [3.63, 3.8) is 0 Å². The fourth-order valence-electron chi connectivity index (χ4n) is 7.79. The molecule has 0 bridgehead atoms. The van der Waals surface area contributed by atoms with Crippen LogP contribution < -0.4 is 0 Å². The molecule has 0 saturated carbocycles. The molecule has 0 radical (unpaired) electrons. The largest absolute Gasteiger partial charge is 0.228 e. The molecule has 10 rings (SSSR count). The summed E-state index contributed by atoms with van der Waals surface area (Å²) in [6.45, 7) is 0. The summed E-state index contributed by atoms with van der Waals surface area (Å²) in [5, 5.41) is 2.62. The Bertz CT molecular complexity index is 2740. The van der Waals surface area contributed by atoms with E-state index in [0.717, 1.165) is 39.2 Å². The third kappa shape index (κ3) is 5.12. The second kappa shape index (κ2) is 12.5. The summed E-state index contributed by atoms with van der Waals surface area (Å²) < 4.78 is 0. The Morgan fingerprint density at radius 1 is 0.250 bits per heavy atom. The smallest absolute Gasteiger partial charge is 0.160 e. The molecule has 1 heterocycles. The van der Waals surface area contributed by atoms with Crippen molar-refractivity contribution in [1.29, 1.82) is 0 Å². The molecule has 2 nitrogen and oxygen atoms in total. The Balaban J connectivity index is 1.09. The molecule has 1 aliphatic carbocycles. The maximum Gasteiger partial charge on any atom is 0.160 e. The van der Waals surface area contributed by atoms with Gasteiger partial charge in [-0.15, -0.1) is 0 Å². The molecule has 0 fully saturated rings.